The summed E-state index contributed by atoms with van der Waals surface area (Å²) in [5, 5.41) is 0. The number of hydrogen-bond donors (Lipinski definition) is 0. The Morgan fingerprint density at radius 2 is 1.84 bits per heavy atom. The maximum Gasteiger partial charge on any atom is 0.316 e. The Labute approximate surface area is 148 Å². The molecule has 1 aliphatic rings. The van der Waals surface area contributed by atoms with Crippen molar-refractivity contribution in [2.75, 3.05) is 6.54 Å². The summed E-state index contributed by atoms with van der Waals surface area (Å²) < 4.78 is 5.46. The van der Waals surface area contributed by atoms with Gasteiger partial charge in [-0.25, -0.2) is 0 Å². The van der Waals surface area contributed by atoms with Gasteiger partial charge in [0.15, 0.2) is 0 Å². The number of ether oxygens (including phenoxy) is 1. The molecule has 0 radical (unpaired) electrons. The smallest absolute Gasteiger partial charge is 0.316 e. The first kappa shape index (κ1) is 17.2. The lowest BCUT2D eigenvalue weighted by atomic mass is 10.1. The predicted molar refractivity (Wildman–Crippen MR) is 96.1 cm³/mol. The van der Waals surface area contributed by atoms with Crippen molar-refractivity contribution in [2.24, 2.45) is 5.92 Å². The van der Waals surface area contributed by atoms with Crippen molar-refractivity contribution >= 4 is 11.9 Å². The summed E-state index contributed by atoms with van der Waals surface area (Å²) in [6, 6.07) is 17.3. The largest absolute Gasteiger partial charge is 0.426 e. The fourth-order valence-corrected chi connectivity index (χ4v) is 3.17. The lowest BCUT2D eigenvalue weighted by Gasteiger charge is -2.25. The molecule has 25 heavy (non-hydrogen) atoms. The van der Waals surface area contributed by atoms with Crippen molar-refractivity contribution in [3.05, 3.63) is 65.7 Å². The molecule has 1 heterocycles. The summed E-state index contributed by atoms with van der Waals surface area (Å²) in [7, 11) is 0. The van der Waals surface area contributed by atoms with Crippen LogP contribution in [0.3, 0.4) is 0 Å². The monoisotopic (exact) mass is 337 g/mol. The molecule has 0 aromatic heterocycles. The normalized spacial score (nSPS) is 18.2. The SMILES string of the molecule is CCc1ccc(OC(=O)[C@@H]2CC(=O)N([C@H](C)c3ccccc3)C2)cc1. The molecule has 2 aromatic rings. The van der Waals surface area contributed by atoms with Gasteiger partial charge in [-0.2, -0.15) is 0 Å². The standard InChI is InChI=1S/C21H23NO3/c1-3-16-9-11-19(12-10-16)25-21(24)18-13-20(23)22(14-18)15(2)17-7-5-4-6-8-17/h4-12,15,18H,3,13-14H2,1-2H3/t15-,18-/m1/s1. The van der Waals surface area contributed by atoms with Crippen molar-refractivity contribution in [2.45, 2.75) is 32.7 Å². The van der Waals surface area contributed by atoms with Gasteiger partial charge >= 0.3 is 5.97 Å². The number of aryl methyl sites for hydroxylation is 1. The minimum absolute atomic E-state index is 0.000339. The fourth-order valence-electron chi connectivity index (χ4n) is 3.17. The van der Waals surface area contributed by atoms with Gasteiger partial charge in [-0.3, -0.25) is 9.59 Å². The van der Waals surface area contributed by atoms with E-state index < -0.39 is 5.92 Å². The zero-order valence-corrected chi connectivity index (χ0v) is 14.6. The first-order chi connectivity index (χ1) is 12.1. The van der Waals surface area contributed by atoms with E-state index in [0.717, 1.165) is 12.0 Å². The van der Waals surface area contributed by atoms with E-state index in [1.165, 1.54) is 5.56 Å². The van der Waals surface area contributed by atoms with E-state index >= 15 is 0 Å². The van der Waals surface area contributed by atoms with Gasteiger partial charge in [0.25, 0.3) is 0 Å². The van der Waals surface area contributed by atoms with E-state index in [1.807, 2.05) is 49.4 Å². The Balaban J connectivity index is 1.64. The molecule has 1 amide bonds. The van der Waals surface area contributed by atoms with Crippen LogP contribution in [0.15, 0.2) is 54.6 Å². The molecule has 4 heteroatoms. The van der Waals surface area contributed by atoms with Crippen LogP contribution in [0.4, 0.5) is 0 Å². The second-order valence-corrected chi connectivity index (χ2v) is 6.45. The molecule has 0 saturated carbocycles. The molecule has 0 unspecified atom stereocenters. The van der Waals surface area contributed by atoms with Gasteiger partial charge in [0.05, 0.1) is 12.0 Å². The zero-order valence-electron chi connectivity index (χ0n) is 14.6. The molecule has 0 N–H and O–H groups in total. The Hall–Kier alpha value is -2.62. The number of hydrogen-bond acceptors (Lipinski definition) is 3. The second kappa shape index (κ2) is 7.51. The molecule has 3 rings (SSSR count). The Morgan fingerprint density at radius 3 is 2.48 bits per heavy atom. The number of esters is 1. The van der Waals surface area contributed by atoms with E-state index in [9.17, 15) is 9.59 Å². The van der Waals surface area contributed by atoms with Crippen LogP contribution in [-0.4, -0.2) is 23.3 Å². The molecule has 1 saturated heterocycles. The Bertz CT molecular complexity index is 739. The summed E-state index contributed by atoms with van der Waals surface area (Å²) in [5.41, 5.74) is 2.26. The van der Waals surface area contributed by atoms with Gasteiger partial charge in [-0.15, -0.1) is 0 Å². The molecule has 2 aromatic carbocycles. The van der Waals surface area contributed by atoms with Crippen LogP contribution in [0.2, 0.25) is 0 Å². The summed E-state index contributed by atoms with van der Waals surface area (Å²) in [6.45, 7) is 4.47. The number of benzene rings is 2. The lowest BCUT2D eigenvalue weighted by Crippen LogP contribution is -2.30. The third-order valence-corrected chi connectivity index (χ3v) is 4.79. The number of carbonyl (C=O) groups is 2. The first-order valence-electron chi connectivity index (χ1n) is 8.73. The van der Waals surface area contributed by atoms with Crippen molar-refractivity contribution in [1.82, 2.24) is 4.90 Å². The molecule has 4 nitrogen and oxygen atoms in total. The van der Waals surface area contributed by atoms with Crippen LogP contribution in [-0.2, 0) is 16.0 Å². The summed E-state index contributed by atoms with van der Waals surface area (Å²) in [4.78, 5) is 26.5. The zero-order chi connectivity index (χ0) is 17.8. The van der Waals surface area contributed by atoms with Crippen molar-refractivity contribution < 1.29 is 14.3 Å². The molecule has 1 fully saturated rings. The van der Waals surface area contributed by atoms with Crippen LogP contribution in [0.5, 0.6) is 5.75 Å². The highest BCUT2D eigenvalue weighted by Gasteiger charge is 2.38. The van der Waals surface area contributed by atoms with Crippen LogP contribution in [0.1, 0.15) is 37.4 Å². The fraction of sp³-hybridized carbons (Fsp3) is 0.333. The molecular formula is C21H23NO3. The van der Waals surface area contributed by atoms with Gasteiger partial charge in [0, 0.05) is 13.0 Å². The van der Waals surface area contributed by atoms with E-state index in [-0.39, 0.29) is 24.3 Å². The minimum Gasteiger partial charge on any atom is -0.426 e. The van der Waals surface area contributed by atoms with E-state index in [4.69, 9.17) is 4.74 Å². The minimum atomic E-state index is -0.412. The summed E-state index contributed by atoms with van der Waals surface area (Å²) in [6.07, 6.45) is 1.15. The third kappa shape index (κ3) is 3.90. The van der Waals surface area contributed by atoms with Crippen LogP contribution in [0.25, 0.3) is 0 Å². The number of likely N-dealkylation sites (tertiary alicyclic amines) is 1. The van der Waals surface area contributed by atoms with E-state index in [1.54, 1.807) is 17.0 Å². The highest BCUT2D eigenvalue weighted by Crippen LogP contribution is 2.29. The van der Waals surface area contributed by atoms with Crippen molar-refractivity contribution in [3.63, 3.8) is 0 Å². The third-order valence-electron chi connectivity index (χ3n) is 4.79. The van der Waals surface area contributed by atoms with Gasteiger partial charge in [-0.05, 0) is 36.6 Å². The topological polar surface area (TPSA) is 46.6 Å². The van der Waals surface area contributed by atoms with E-state index in [0.29, 0.717) is 12.3 Å². The molecule has 2 atom stereocenters. The second-order valence-electron chi connectivity index (χ2n) is 6.45. The maximum absolute atomic E-state index is 12.4. The van der Waals surface area contributed by atoms with Crippen LogP contribution >= 0.6 is 0 Å². The first-order valence-corrected chi connectivity index (χ1v) is 8.73. The van der Waals surface area contributed by atoms with Crippen molar-refractivity contribution in [3.8, 4) is 5.75 Å². The average Bonchev–Trinajstić information content (AvgIpc) is 3.04. The quantitative estimate of drug-likeness (QED) is 0.616. The van der Waals surface area contributed by atoms with E-state index in [2.05, 4.69) is 6.92 Å². The number of rotatable bonds is 5. The number of nitrogens with zero attached hydrogens (tertiary/aromatic N) is 1. The van der Waals surface area contributed by atoms with Gasteiger partial charge in [0.2, 0.25) is 5.91 Å². The van der Waals surface area contributed by atoms with Crippen molar-refractivity contribution in [1.29, 1.82) is 0 Å². The number of carbonyl (C=O) groups excluding carboxylic acids is 2. The molecule has 0 aliphatic carbocycles. The lowest BCUT2D eigenvalue weighted by molar-refractivity contribution is -0.139. The molecule has 0 bridgehead atoms. The molecular weight excluding hydrogens is 314 g/mol. The number of amides is 1. The van der Waals surface area contributed by atoms with Gasteiger partial charge in [0.1, 0.15) is 5.75 Å². The maximum atomic E-state index is 12.4. The summed E-state index contributed by atoms with van der Waals surface area (Å²) >= 11 is 0. The van der Waals surface area contributed by atoms with Gasteiger partial charge in [-0.1, -0.05) is 49.4 Å². The Morgan fingerprint density at radius 1 is 1.16 bits per heavy atom. The predicted octanol–water partition coefficient (Wildman–Crippen LogP) is 3.76. The molecule has 0 spiro atoms. The highest BCUT2D eigenvalue weighted by atomic mass is 16.5. The summed E-state index contributed by atoms with van der Waals surface area (Å²) in [5.74, 6) is -0.214. The van der Waals surface area contributed by atoms with Crippen LogP contribution in [0, 0.1) is 5.92 Å². The molecule has 1 aliphatic heterocycles. The van der Waals surface area contributed by atoms with Crippen LogP contribution < -0.4 is 4.74 Å². The molecule has 130 valence electrons. The Kier molecular flexibility index (Phi) is 5.17. The van der Waals surface area contributed by atoms with Gasteiger partial charge < -0.3 is 9.64 Å². The average molecular weight is 337 g/mol. The highest BCUT2D eigenvalue weighted by molar-refractivity contribution is 5.87.